The fraction of sp³-hybridized carbons (Fsp3) is 0.667. The van der Waals surface area contributed by atoms with Crippen molar-refractivity contribution in [3.05, 3.63) is 24.3 Å². The molecule has 5 nitrogen and oxygen atoms in total. The summed E-state index contributed by atoms with van der Waals surface area (Å²) in [4.78, 5) is 2.57. The van der Waals surface area contributed by atoms with Crippen LogP contribution < -0.4 is 4.74 Å². The van der Waals surface area contributed by atoms with E-state index in [1.807, 2.05) is 0 Å². The van der Waals surface area contributed by atoms with E-state index in [1.54, 1.807) is 12.1 Å². The molecule has 0 spiro atoms. The van der Waals surface area contributed by atoms with Gasteiger partial charge in [-0.2, -0.15) is 0 Å². The molecular formula is C18H29NO4S. The van der Waals surface area contributed by atoms with Gasteiger partial charge in [0, 0.05) is 12.8 Å². The molecule has 1 aromatic rings. The molecule has 1 aliphatic rings. The number of aliphatic hydroxyl groups is 1. The first-order valence-corrected chi connectivity index (χ1v) is 10.4. The first-order chi connectivity index (χ1) is 11.2. The monoisotopic (exact) mass is 355 g/mol. The van der Waals surface area contributed by atoms with E-state index in [9.17, 15) is 13.5 Å². The zero-order valence-electron chi connectivity index (χ0n) is 14.9. The third-order valence-electron chi connectivity index (χ3n) is 4.42. The van der Waals surface area contributed by atoms with E-state index in [0.717, 1.165) is 32.4 Å². The normalized spacial score (nSPS) is 22.7. The van der Waals surface area contributed by atoms with Crippen molar-refractivity contribution in [3.8, 4) is 5.75 Å². The Morgan fingerprint density at radius 1 is 1.29 bits per heavy atom. The van der Waals surface area contributed by atoms with Gasteiger partial charge in [-0.25, -0.2) is 8.42 Å². The fourth-order valence-electron chi connectivity index (χ4n) is 2.96. The highest BCUT2D eigenvalue weighted by atomic mass is 32.2. The van der Waals surface area contributed by atoms with E-state index in [-0.39, 0.29) is 11.5 Å². The van der Waals surface area contributed by atoms with Gasteiger partial charge in [0.2, 0.25) is 0 Å². The molecule has 1 aromatic carbocycles. The van der Waals surface area contributed by atoms with Crippen LogP contribution in [0.15, 0.2) is 29.2 Å². The van der Waals surface area contributed by atoms with Crippen molar-refractivity contribution < 1.29 is 18.3 Å². The minimum absolute atomic E-state index is 0.226. The van der Waals surface area contributed by atoms with Gasteiger partial charge in [-0.3, -0.25) is 0 Å². The van der Waals surface area contributed by atoms with Gasteiger partial charge in [0.15, 0.2) is 9.84 Å². The summed E-state index contributed by atoms with van der Waals surface area (Å²) in [6, 6.07) is 6.34. The van der Waals surface area contributed by atoms with Gasteiger partial charge >= 0.3 is 0 Å². The van der Waals surface area contributed by atoms with Gasteiger partial charge in [-0.15, -0.1) is 0 Å². The number of nitrogens with zero attached hydrogens (tertiary/aromatic N) is 1. The molecule has 1 heterocycles. The molecule has 1 atom stereocenters. The third-order valence-corrected chi connectivity index (χ3v) is 5.54. The average Bonchev–Trinajstić information content (AvgIpc) is 2.51. The van der Waals surface area contributed by atoms with E-state index >= 15 is 0 Å². The van der Waals surface area contributed by atoms with Crippen molar-refractivity contribution in [3.63, 3.8) is 0 Å². The molecule has 1 unspecified atom stereocenters. The number of likely N-dealkylation sites (tertiary alicyclic amines) is 1. The molecule has 1 N–H and O–H groups in total. The first-order valence-electron chi connectivity index (χ1n) is 8.56. The minimum Gasteiger partial charge on any atom is -0.491 e. The third kappa shape index (κ3) is 5.76. The molecule has 24 heavy (non-hydrogen) atoms. The lowest BCUT2D eigenvalue weighted by molar-refractivity contribution is -0.0607. The summed E-state index contributed by atoms with van der Waals surface area (Å²) in [7, 11) is -3.20. The summed E-state index contributed by atoms with van der Waals surface area (Å²) in [5, 5.41) is 10.8. The number of ether oxygens (including phenoxy) is 1. The maximum Gasteiger partial charge on any atom is 0.175 e. The van der Waals surface area contributed by atoms with Gasteiger partial charge in [0.1, 0.15) is 18.0 Å². The summed E-state index contributed by atoms with van der Waals surface area (Å²) in [6.07, 6.45) is 4.00. The van der Waals surface area contributed by atoms with Crippen molar-refractivity contribution in [2.75, 3.05) is 32.5 Å². The number of piperidine rings is 1. The zero-order chi connectivity index (χ0) is 17.8. The number of hydrogen-bond acceptors (Lipinski definition) is 5. The maximum absolute atomic E-state index is 11.5. The molecule has 1 fully saturated rings. The Kier molecular flexibility index (Phi) is 6.28. The molecule has 0 aromatic heterocycles. The topological polar surface area (TPSA) is 66.8 Å². The van der Waals surface area contributed by atoms with E-state index < -0.39 is 15.4 Å². The molecule has 0 amide bonds. The smallest absolute Gasteiger partial charge is 0.175 e. The van der Waals surface area contributed by atoms with Crippen molar-refractivity contribution in [1.29, 1.82) is 0 Å². The van der Waals surface area contributed by atoms with Crippen molar-refractivity contribution in [2.45, 2.75) is 43.6 Å². The zero-order valence-corrected chi connectivity index (χ0v) is 15.7. The van der Waals surface area contributed by atoms with Crippen LogP contribution in [0.5, 0.6) is 5.75 Å². The second-order valence-corrected chi connectivity index (χ2v) is 9.33. The summed E-state index contributed by atoms with van der Waals surface area (Å²) in [5.41, 5.74) is -0.843. The van der Waals surface area contributed by atoms with Crippen LogP contribution in [-0.4, -0.2) is 56.5 Å². The van der Waals surface area contributed by atoms with Crippen LogP contribution in [0, 0.1) is 5.92 Å². The van der Waals surface area contributed by atoms with Gasteiger partial charge in [0.05, 0.1) is 4.90 Å². The Bertz CT molecular complexity index is 627. The highest BCUT2D eigenvalue weighted by Gasteiger charge is 2.34. The van der Waals surface area contributed by atoms with Gasteiger partial charge in [-0.1, -0.05) is 13.8 Å². The second-order valence-electron chi connectivity index (χ2n) is 7.32. The fourth-order valence-corrected chi connectivity index (χ4v) is 3.59. The Morgan fingerprint density at radius 2 is 1.96 bits per heavy atom. The van der Waals surface area contributed by atoms with Crippen LogP contribution in [0.1, 0.15) is 33.1 Å². The molecule has 136 valence electrons. The molecular weight excluding hydrogens is 326 g/mol. The van der Waals surface area contributed by atoms with E-state index in [2.05, 4.69) is 18.7 Å². The minimum atomic E-state index is -3.20. The Labute approximate surface area is 145 Å². The molecule has 1 saturated heterocycles. The predicted molar refractivity (Wildman–Crippen MR) is 95.1 cm³/mol. The SMILES string of the molecule is CC(C)CCN1CCCC(O)(COc2ccc(S(C)(=O)=O)cc2)C1. The lowest BCUT2D eigenvalue weighted by Crippen LogP contribution is -2.51. The molecule has 0 aliphatic carbocycles. The number of benzene rings is 1. The molecule has 6 heteroatoms. The van der Waals surface area contributed by atoms with Crippen LogP contribution >= 0.6 is 0 Å². The predicted octanol–water partition coefficient (Wildman–Crippen LogP) is 2.34. The van der Waals surface area contributed by atoms with Crippen LogP contribution in [0.4, 0.5) is 0 Å². The largest absolute Gasteiger partial charge is 0.491 e. The molecule has 0 saturated carbocycles. The Morgan fingerprint density at radius 3 is 2.54 bits per heavy atom. The van der Waals surface area contributed by atoms with Gasteiger partial charge < -0.3 is 14.7 Å². The summed E-state index contributed by atoms with van der Waals surface area (Å²) in [5.74, 6) is 1.24. The molecule has 1 aliphatic heterocycles. The van der Waals surface area contributed by atoms with Gasteiger partial charge in [0.25, 0.3) is 0 Å². The van der Waals surface area contributed by atoms with Crippen molar-refractivity contribution >= 4 is 9.84 Å². The van der Waals surface area contributed by atoms with Crippen LogP contribution in [-0.2, 0) is 9.84 Å². The van der Waals surface area contributed by atoms with E-state index in [1.165, 1.54) is 18.4 Å². The molecule has 0 bridgehead atoms. The lowest BCUT2D eigenvalue weighted by atomic mass is 9.93. The van der Waals surface area contributed by atoms with Crippen molar-refractivity contribution in [2.24, 2.45) is 5.92 Å². The van der Waals surface area contributed by atoms with Crippen molar-refractivity contribution in [1.82, 2.24) is 4.90 Å². The average molecular weight is 356 g/mol. The summed E-state index contributed by atoms with van der Waals surface area (Å²) < 4.78 is 28.6. The molecule has 0 radical (unpaired) electrons. The van der Waals surface area contributed by atoms with E-state index in [0.29, 0.717) is 18.2 Å². The first kappa shape index (κ1) is 19.2. The van der Waals surface area contributed by atoms with Crippen LogP contribution in [0.2, 0.25) is 0 Å². The highest BCUT2D eigenvalue weighted by molar-refractivity contribution is 7.90. The number of β-amino-alcohol motifs (C(OH)–C–C–N with tert-alkyl or cyclic N) is 1. The number of rotatable bonds is 7. The van der Waals surface area contributed by atoms with Crippen LogP contribution in [0.3, 0.4) is 0 Å². The molecule has 2 rings (SSSR count). The Balaban J connectivity index is 1.90. The Hall–Kier alpha value is -1.11. The summed E-state index contributed by atoms with van der Waals surface area (Å²) >= 11 is 0. The van der Waals surface area contributed by atoms with E-state index in [4.69, 9.17) is 4.74 Å². The second kappa shape index (κ2) is 7.85. The maximum atomic E-state index is 11.5. The van der Waals surface area contributed by atoms with Crippen LogP contribution in [0.25, 0.3) is 0 Å². The standard InChI is InChI=1S/C18H29NO4S/c1-15(2)9-12-19-11-4-10-18(20,13-19)14-23-16-5-7-17(8-6-16)24(3,21)22/h5-8,15,20H,4,9-14H2,1-3H3. The van der Waals surface area contributed by atoms with Gasteiger partial charge in [-0.05, 0) is 62.5 Å². The summed E-state index contributed by atoms with van der Waals surface area (Å²) in [6.45, 7) is 7.30. The quantitative estimate of drug-likeness (QED) is 0.813. The highest BCUT2D eigenvalue weighted by Crippen LogP contribution is 2.24. The number of sulfone groups is 1. The lowest BCUT2D eigenvalue weighted by Gasteiger charge is -2.39. The number of hydrogen-bond donors (Lipinski definition) is 1.